The van der Waals surface area contributed by atoms with Crippen LogP contribution >= 0.6 is 0 Å². The average molecular weight is 253 g/mol. The topological polar surface area (TPSA) is 68.5 Å². The van der Waals surface area contributed by atoms with Crippen LogP contribution in [0.2, 0.25) is 0 Å². The molecule has 2 N–H and O–H groups in total. The minimum absolute atomic E-state index is 0.0137. The molecule has 1 aliphatic heterocycles. The van der Waals surface area contributed by atoms with E-state index < -0.39 is 5.82 Å². The number of halogens is 1. The number of carbonyl (C=O) groups is 1. The van der Waals surface area contributed by atoms with Crippen molar-refractivity contribution in [3.05, 3.63) is 23.6 Å². The summed E-state index contributed by atoms with van der Waals surface area (Å²) in [5.74, 6) is -0.863. The quantitative estimate of drug-likeness (QED) is 0.855. The first-order chi connectivity index (χ1) is 8.50. The van der Waals surface area contributed by atoms with E-state index in [9.17, 15) is 9.18 Å². The lowest BCUT2D eigenvalue weighted by molar-refractivity contribution is 0.0575. The van der Waals surface area contributed by atoms with Gasteiger partial charge < -0.3 is 15.4 Å². The lowest BCUT2D eigenvalue weighted by Gasteiger charge is -2.27. The Hall–Kier alpha value is -1.69. The zero-order valence-corrected chi connectivity index (χ0v) is 10.4. The van der Waals surface area contributed by atoms with Gasteiger partial charge in [0.25, 0.3) is 5.91 Å². The number of likely N-dealkylation sites (N-methyl/N-ethyl adjacent to an activating group) is 1. The van der Waals surface area contributed by atoms with Crippen molar-refractivity contribution < 1.29 is 13.9 Å². The Morgan fingerprint density at radius 2 is 2.39 bits per heavy atom. The second-order valence-corrected chi connectivity index (χ2v) is 4.43. The first-order valence-corrected chi connectivity index (χ1v) is 5.80. The van der Waals surface area contributed by atoms with Gasteiger partial charge in [0.15, 0.2) is 0 Å². The van der Waals surface area contributed by atoms with Crippen LogP contribution in [0.3, 0.4) is 0 Å². The molecule has 1 aliphatic rings. The predicted octanol–water partition coefficient (Wildman–Crippen LogP) is 1.05. The van der Waals surface area contributed by atoms with E-state index in [0.717, 1.165) is 18.7 Å². The lowest BCUT2D eigenvalue weighted by atomic mass is 10.1. The summed E-state index contributed by atoms with van der Waals surface area (Å²) in [6, 6.07) is 1.10. The summed E-state index contributed by atoms with van der Waals surface area (Å²) in [5, 5.41) is 0. The fourth-order valence-electron chi connectivity index (χ4n) is 2.19. The second kappa shape index (κ2) is 4.89. The molecule has 6 heteroatoms. The van der Waals surface area contributed by atoms with Crippen LogP contribution in [0, 0.1) is 5.82 Å². The number of nitrogens with zero attached hydrogens (tertiary/aromatic N) is 2. The maximum absolute atomic E-state index is 13.1. The highest BCUT2D eigenvalue weighted by Crippen LogP contribution is 2.21. The molecule has 2 rings (SSSR count). The van der Waals surface area contributed by atoms with E-state index in [0.29, 0.717) is 6.61 Å². The van der Waals surface area contributed by atoms with Gasteiger partial charge in [-0.2, -0.15) is 0 Å². The van der Waals surface area contributed by atoms with E-state index in [2.05, 4.69) is 4.98 Å². The summed E-state index contributed by atoms with van der Waals surface area (Å²) in [7, 11) is 1.67. The molecule has 0 radical (unpaired) electrons. The summed E-state index contributed by atoms with van der Waals surface area (Å²) in [6.45, 7) is 2.54. The molecule has 1 aromatic heterocycles. The summed E-state index contributed by atoms with van der Waals surface area (Å²) < 4.78 is 18.5. The van der Waals surface area contributed by atoms with Crippen molar-refractivity contribution >= 4 is 11.7 Å². The SMILES string of the molecule is CC1OCCC1N(C)C(=O)c1cc(F)cnc1N. The zero-order valence-electron chi connectivity index (χ0n) is 10.4. The van der Waals surface area contributed by atoms with Gasteiger partial charge in [0.2, 0.25) is 0 Å². The van der Waals surface area contributed by atoms with E-state index in [4.69, 9.17) is 10.5 Å². The second-order valence-electron chi connectivity index (χ2n) is 4.43. The van der Waals surface area contributed by atoms with Crippen LogP contribution in [0.25, 0.3) is 0 Å². The van der Waals surface area contributed by atoms with E-state index in [1.807, 2.05) is 6.92 Å². The summed E-state index contributed by atoms with van der Waals surface area (Å²) >= 11 is 0. The maximum atomic E-state index is 13.1. The van der Waals surface area contributed by atoms with Crippen LogP contribution in [-0.2, 0) is 4.74 Å². The largest absolute Gasteiger partial charge is 0.383 e. The van der Waals surface area contributed by atoms with Crippen LogP contribution in [0.4, 0.5) is 10.2 Å². The van der Waals surface area contributed by atoms with Crippen LogP contribution in [0.1, 0.15) is 23.7 Å². The monoisotopic (exact) mass is 253 g/mol. The Bertz CT molecular complexity index is 467. The maximum Gasteiger partial charge on any atom is 0.257 e. The number of hydrogen-bond donors (Lipinski definition) is 1. The van der Waals surface area contributed by atoms with Gasteiger partial charge in [-0.25, -0.2) is 9.37 Å². The summed E-state index contributed by atoms with van der Waals surface area (Å²) in [4.78, 5) is 17.4. The number of nitrogen functional groups attached to an aromatic ring is 1. The molecule has 0 aromatic carbocycles. The van der Waals surface area contributed by atoms with Crippen LogP contribution in [-0.4, -0.2) is 41.6 Å². The highest BCUT2D eigenvalue weighted by molar-refractivity contribution is 5.98. The van der Waals surface area contributed by atoms with Crippen LogP contribution in [0.5, 0.6) is 0 Å². The molecule has 0 aliphatic carbocycles. The highest BCUT2D eigenvalue weighted by Gasteiger charge is 2.31. The van der Waals surface area contributed by atoms with Crippen molar-refractivity contribution in [2.24, 2.45) is 0 Å². The average Bonchev–Trinajstić information content (AvgIpc) is 2.77. The number of nitrogens with two attached hydrogens (primary N) is 1. The van der Waals surface area contributed by atoms with Gasteiger partial charge >= 0.3 is 0 Å². The molecule has 1 saturated heterocycles. The highest BCUT2D eigenvalue weighted by atomic mass is 19.1. The molecule has 0 saturated carbocycles. The van der Waals surface area contributed by atoms with Gasteiger partial charge in [-0.1, -0.05) is 0 Å². The van der Waals surface area contributed by atoms with Crippen molar-refractivity contribution in [1.82, 2.24) is 9.88 Å². The number of rotatable bonds is 2. The Kier molecular flexibility index (Phi) is 3.47. The van der Waals surface area contributed by atoms with Gasteiger partial charge in [-0.3, -0.25) is 4.79 Å². The van der Waals surface area contributed by atoms with Crippen molar-refractivity contribution in [3.63, 3.8) is 0 Å². The first kappa shape index (κ1) is 12.8. The van der Waals surface area contributed by atoms with Crippen LogP contribution in [0.15, 0.2) is 12.3 Å². The van der Waals surface area contributed by atoms with Crippen molar-refractivity contribution in [3.8, 4) is 0 Å². The fraction of sp³-hybridized carbons (Fsp3) is 0.500. The van der Waals surface area contributed by atoms with Crippen LogP contribution < -0.4 is 5.73 Å². The molecular formula is C12H16FN3O2. The number of aromatic nitrogens is 1. The number of ether oxygens (including phenoxy) is 1. The Morgan fingerprint density at radius 3 is 3.00 bits per heavy atom. The number of amides is 1. The Labute approximate surface area is 105 Å². The minimum Gasteiger partial charge on any atom is -0.383 e. The summed E-state index contributed by atoms with van der Waals surface area (Å²) in [5.41, 5.74) is 5.70. The van der Waals surface area contributed by atoms with E-state index >= 15 is 0 Å². The van der Waals surface area contributed by atoms with E-state index in [1.165, 1.54) is 0 Å². The number of anilines is 1. The molecule has 2 unspecified atom stereocenters. The third-order valence-corrected chi connectivity index (χ3v) is 3.27. The number of pyridine rings is 1. The minimum atomic E-state index is -0.573. The first-order valence-electron chi connectivity index (χ1n) is 5.80. The molecular weight excluding hydrogens is 237 g/mol. The molecule has 0 bridgehead atoms. The predicted molar refractivity (Wildman–Crippen MR) is 64.5 cm³/mol. The van der Waals surface area contributed by atoms with Crippen molar-refractivity contribution in [2.75, 3.05) is 19.4 Å². The fourth-order valence-corrected chi connectivity index (χ4v) is 2.19. The van der Waals surface area contributed by atoms with E-state index in [-0.39, 0.29) is 29.4 Å². The van der Waals surface area contributed by atoms with Gasteiger partial charge in [0, 0.05) is 13.7 Å². The summed E-state index contributed by atoms with van der Waals surface area (Å²) in [6.07, 6.45) is 1.74. The molecule has 98 valence electrons. The molecule has 18 heavy (non-hydrogen) atoms. The van der Waals surface area contributed by atoms with E-state index in [1.54, 1.807) is 11.9 Å². The molecule has 5 nitrogen and oxygen atoms in total. The third-order valence-electron chi connectivity index (χ3n) is 3.27. The molecule has 1 fully saturated rings. The molecule has 2 atom stereocenters. The zero-order chi connectivity index (χ0) is 13.3. The van der Waals surface area contributed by atoms with Gasteiger partial charge in [0.1, 0.15) is 11.6 Å². The molecule has 2 heterocycles. The normalized spacial score (nSPS) is 23.1. The van der Waals surface area contributed by atoms with Gasteiger partial charge in [-0.05, 0) is 19.4 Å². The third kappa shape index (κ3) is 2.28. The van der Waals surface area contributed by atoms with Gasteiger partial charge in [-0.15, -0.1) is 0 Å². The Morgan fingerprint density at radius 1 is 1.67 bits per heavy atom. The molecule has 1 amide bonds. The standard InChI is InChI=1S/C12H16FN3O2/c1-7-10(3-4-18-7)16(2)12(17)9-5-8(13)6-15-11(9)14/h5-7,10H,3-4H2,1-2H3,(H2,14,15). The number of carbonyl (C=O) groups excluding carboxylic acids is 1. The Balaban J connectivity index is 2.22. The van der Waals surface area contributed by atoms with Gasteiger partial charge in [0.05, 0.1) is 23.9 Å². The van der Waals surface area contributed by atoms with Crippen molar-refractivity contribution in [2.45, 2.75) is 25.5 Å². The molecule has 0 spiro atoms. The molecule has 1 aromatic rings. The van der Waals surface area contributed by atoms with Crippen molar-refractivity contribution in [1.29, 1.82) is 0 Å². The smallest absolute Gasteiger partial charge is 0.257 e. The lowest BCUT2D eigenvalue weighted by Crippen LogP contribution is -2.41. The number of hydrogen-bond acceptors (Lipinski definition) is 4.